The summed E-state index contributed by atoms with van der Waals surface area (Å²) in [6, 6.07) is 6.65. The largest absolute Gasteiger partial charge is 0.516 e. The highest BCUT2D eigenvalue weighted by Gasteiger charge is 2.04. The van der Waals surface area contributed by atoms with Gasteiger partial charge in [-0.1, -0.05) is 6.07 Å². The molecular weight excluding hydrogens is 207 g/mol. The van der Waals surface area contributed by atoms with Crippen molar-refractivity contribution < 1.29 is 9.50 Å². The number of rotatable bonds is 3. The number of hydrogen-bond acceptors (Lipinski definition) is 2. The first-order chi connectivity index (χ1) is 7.81. The van der Waals surface area contributed by atoms with Gasteiger partial charge in [0.25, 0.3) is 0 Å². The smallest absolute Gasteiger partial charge is 0.149 e. The number of aliphatic hydroxyl groups excluding tert-OH is 1. The van der Waals surface area contributed by atoms with Gasteiger partial charge in [0.15, 0.2) is 0 Å². The molecule has 1 aromatic heterocycles. The molecule has 0 aliphatic rings. The van der Waals surface area contributed by atoms with Gasteiger partial charge in [0, 0.05) is 12.4 Å². The van der Waals surface area contributed by atoms with E-state index >= 15 is 0 Å². The lowest BCUT2D eigenvalue weighted by atomic mass is 10.1. The highest BCUT2D eigenvalue weighted by molar-refractivity contribution is 5.36. The molecule has 1 N–H and O–H groups in total. The van der Waals surface area contributed by atoms with Crippen molar-refractivity contribution in [3.63, 3.8) is 0 Å². The predicted molar refractivity (Wildman–Crippen MR) is 59.0 cm³/mol. The van der Waals surface area contributed by atoms with Gasteiger partial charge in [-0.15, -0.1) is 0 Å². The van der Waals surface area contributed by atoms with E-state index in [0.29, 0.717) is 12.1 Å². The predicted octanol–water partition coefficient (Wildman–Crippen LogP) is 2.63. The van der Waals surface area contributed by atoms with Gasteiger partial charge >= 0.3 is 0 Å². The fourth-order valence-corrected chi connectivity index (χ4v) is 1.46. The fraction of sp³-hybridized carbons (Fsp3) is 0.0833. The normalized spacial score (nSPS) is 11.1. The summed E-state index contributed by atoms with van der Waals surface area (Å²) < 4.78 is 15.2. The van der Waals surface area contributed by atoms with Gasteiger partial charge in [-0.25, -0.2) is 9.07 Å². The van der Waals surface area contributed by atoms with Gasteiger partial charge in [0.2, 0.25) is 0 Å². The zero-order chi connectivity index (χ0) is 11.4. The lowest BCUT2D eigenvalue weighted by Crippen LogP contribution is -1.98. The molecule has 0 atom stereocenters. The van der Waals surface area contributed by atoms with Gasteiger partial charge in [0.05, 0.1) is 6.26 Å². The van der Waals surface area contributed by atoms with Gasteiger partial charge < -0.3 is 5.11 Å². The van der Waals surface area contributed by atoms with Crippen molar-refractivity contribution in [2.45, 2.75) is 6.42 Å². The Labute approximate surface area is 92.5 Å². The van der Waals surface area contributed by atoms with Crippen molar-refractivity contribution in [2.24, 2.45) is 0 Å². The van der Waals surface area contributed by atoms with Crippen LogP contribution < -0.4 is 0 Å². The van der Waals surface area contributed by atoms with Crippen molar-refractivity contribution in [3.8, 4) is 5.69 Å². The molecule has 0 fully saturated rings. The second-order valence-corrected chi connectivity index (χ2v) is 3.33. The number of aromatic nitrogens is 2. The molecule has 0 unspecified atom stereocenters. The Balaban J connectivity index is 2.30. The van der Waals surface area contributed by atoms with Crippen LogP contribution in [0.25, 0.3) is 5.69 Å². The third-order valence-corrected chi connectivity index (χ3v) is 2.22. The molecular formula is C12H11FN2O. The third-order valence-electron chi connectivity index (χ3n) is 2.22. The Hall–Kier alpha value is -2.10. The monoisotopic (exact) mass is 218 g/mol. The number of halogens is 1. The molecule has 1 heterocycles. The molecule has 1 aromatic carbocycles. The summed E-state index contributed by atoms with van der Waals surface area (Å²) in [5, 5.41) is 12.5. The Morgan fingerprint density at radius 1 is 1.44 bits per heavy atom. The minimum absolute atomic E-state index is 0.326. The molecule has 0 aliphatic heterocycles. The number of allylic oxidation sites excluding steroid dienone is 1. The van der Waals surface area contributed by atoms with Crippen LogP contribution in [0.3, 0.4) is 0 Å². The minimum atomic E-state index is -0.326. The Bertz CT molecular complexity index is 492. The van der Waals surface area contributed by atoms with Crippen molar-refractivity contribution in [3.05, 3.63) is 60.4 Å². The van der Waals surface area contributed by atoms with E-state index in [1.165, 1.54) is 10.7 Å². The van der Waals surface area contributed by atoms with Crippen LogP contribution in [0.15, 0.2) is 49.0 Å². The van der Waals surface area contributed by atoms with Crippen molar-refractivity contribution >= 4 is 0 Å². The highest BCUT2D eigenvalue weighted by Crippen LogP contribution is 2.14. The van der Waals surface area contributed by atoms with Crippen LogP contribution >= 0.6 is 0 Å². The molecule has 2 rings (SSSR count). The Morgan fingerprint density at radius 2 is 2.31 bits per heavy atom. The zero-order valence-electron chi connectivity index (χ0n) is 8.55. The Morgan fingerprint density at radius 3 is 2.94 bits per heavy atom. The molecule has 0 aliphatic carbocycles. The summed E-state index contributed by atoms with van der Waals surface area (Å²) in [4.78, 5) is 0. The number of nitrogens with zero attached hydrogens (tertiary/aromatic N) is 2. The summed E-state index contributed by atoms with van der Waals surface area (Å²) >= 11 is 0. The maximum Gasteiger partial charge on any atom is 0.149 e. The van der Waals surface area contributed by atoms with Gasteiger partial charge in [-0.3, -0.25) is 0 Å². The van der Waals surface area contributed by atoms with E-state index in [9.17, 15) is 4.39 Å². The molecule has 0 radical (unpaired) electrons. The first-order valence-corrected chi connectivity index (χ1v) is 4.89. The molecule has 0 saturated heterocycles. The number of benzene rings is 1. The topological polar surface area (TPSA) is 38.0 Å². The molecule has 2 aromatic rings. The van der Waals surface area contributed by atoms with Crippen LogP contribution in [0.1, 0.15) is 5.56 Å². The van der Waals surface area contributed by atoms with E-state index in [1.54, 1.807) is 36.7 Å². The van der Waals surface area contributed by atoms with Crippen LogP contribution in [-0.2, 0) is 6.42 Å². The van der Waals surface area contributed by atoms with Crippen molar-refractivity contribution in [2.75, 3.05) is 0 Å². The van der Waals surface area contributed by atoms with Crippen LogP contribution in [0.5, 0.6) is 0 Å². The molecule has 0 spiro atoms. The summed E-state index contributed by atoms with van der Waals surface area (Å²) in [7, 11) is 0. The van der Waals surface area contributed by atoms with Gasteiger partial charge in [0.1, 0.15) is 11.5 Å². The number of aliphatic hydroxyl groups is 1. The maximum atomic E-state index is 13.7. The zero-order valence-corrected chi connectivity index (χ0v) is 8.55. The van der Waals surface area contributed by atoms with Crippen LogP contribution in [0, 0.1) is 5.82 Å². The summed E-state index contributed by atoms with van der Waals surface area (Å²) in [5.41, 5.74) is 1.22. The molecule has 4 heteroatoms. The van der Waals surface area contributed by atoms with Gasteiger partial charge in [-0.2, -0.15) is 5.10 Å². The second kappa shape index (κ2) is 4.61. The lowest BCUT2D eigenvalue weighted by molar-refractivity contribution is 0.471. The molecule has 0 amide bonds. The van der Waals surface area contributed by atoms with E-state index < -0.39 is 0 Å². The van der Waals surface area contributed by atoms with E-state index in [0.717, 1.165) is 11.8 Å². The van der Waals surface area contributed by atoms with E-state index in [-0.39, 0.29) is 5.82 Å². The van der Waals surface area contributed by atoms with Crippen molar-refractivity contribution in [1.29, 1.82) is 0 Å². The summed E-state index contributed by atoms with van der Waals surface area (Å²) in [6.07, 6.45) is 6.31. The first kappa shape index (κ1) is 10.4. The van der Waals surface area contributed by atoms with Gasteiger partial charge in [-0.05, 0) is 36.3 Å². The molecule has 0 bridgehead atoms. The molecule has 0 saturated carbocycles. The van der Waals surface area contributed by atoms with Crippen LogP contribution in [0.2, 0.25) is 0 Å². The van der Waals surface area contributed by atoms with Crippen molar-refractivity contribution in [1.82, 2.24) is 9.78 Å². The minimum Gasteiger partial charge on any atom is -0.516 e. The van der Waals surface area contributed by atoms with E-state index in [2.05, 4.69) is 5.10 Å². The molecule has 82 valence electrons. The fourth-order valence-electron chi connectivity index (χ4n) is 1.46. The average Bonchev–Trinajstić information content (AvgIpc) is 2.80. The van der Waals surface area contributed by atoms with Crippen LogP contribution in [0.4, 0.5) is 4.39 Å². The highest BCUT2D eigenvalue weighted by atomic mass is 19.1. The molecule has 3 nitrogen and oxygen atoms in total. The first-order valence-electron chi connectivity index (χ1n) is 4.89. The van der Waals surface area contributed by atoms with Crippen LogP contribution in [-0.4, -0.2) is 14.9 Å². The van der Waals surface area contributed by atoms with E-state index in [4.69, 9.17) is 5.11 Å². The SMILES string of the molecule is O/C=C/Cc1ccc(-n2cccn2)c(F)c1. The Kier molecular flexibility index (Phi) is 3.00. The van der Waals surface area contributed by atoms with E-state index in [1.807, 2.05) is 0 Å². The summed E-state index contributed by atoms with van der Waals surface area (Å²) in [5.74, 6) is -0.326. The quantitative estimate of drug-likeness (QED) is 0.804. The number of hydrogen-bond donors (Lipinski definition) is 1. The maximum absolute atomic E-state index is 13.7. The second-order valence-electron chi connectivity index (χ2n) is 3.33. The molecule has 16 heavy (non-hydrogen) atoms. The summed E-state index contributed by atoms with van der Waals surface area (Å²) in [6.45, 7) is 0. The average molecular weight is 218 g/mol. The third kappa shape index (κ3) is 2.11. The standard InChI is InChI=1S/C12H11FN2O/c13-11-9-10(3-1-8-16)4-5-12(11)15-7-2-6-14-15/h1-2,4-9,16H,3H2/b8-1+. The lowest BCUT2D eigenvalue weighted by Gasteiger charge is -2.04.